The van der Waals surface area contributed by atoms with Crippen LogP contribution in [0.1, 0.15) is 19.3 Å². The van der Waals surface area contributed by atoms with Crippen LogP contribution in [0.2, 0.25) is 0 Å². The van der Waals surface area contributed by atoms with Crippen LogP contribution in [0.15, 0.2) is 23.1 Å². The molecule has 0 atom stereocenters. The highest BCUT2D eigenvalue weighted by Crippen LogP contribution is 2.31. The number of rotatable bonds is 8. The monoisotopic (exact) mass is 386 g/mol. The third-order valence-electron chi connectivity index (χ3n) is 3.94. The van der Waals surface area contributed by atoms with E-state index in [9.17, 15) is 18.0 Å². The average molecular weight is 386 g/mol. The summed E-state index contributed by atoms with van der Waals surface area (Å²) in [6.45, 7) is -0.121. The number of nitrogens with zero attached hydrogens (tertiary/aromatic N) is 1. The predicted octanol–water partition coefficient (Wildman–Crippen LogP) is 0.636. The van der Waals surface area contributed by atoms with Gasteiger partial charge in [-0.2, -0.15) is 0 Å². The topological polar surface area (TPSA) is 111 Å². The molecule has 1 fully saturated rings. The van der Waals surface area contributed by atoms with Crippen molar-refractivity contribution >= 4 is 27.5 Å². The van der Waals surface area contributed by atoms with E-state index in [-0.39, 0.29) is 47.5 Å². The minimum Gasteiger partial charge on any atom is -0.495 e. The number of anilines is 1. The molecule has 0 aliphatic carbocycles. The number of hydrogen-bond acceptors (Lipinski definition) is 7. The molecule has 0 saturated carbocycles. The molecule has 0 unspecified atom stereocenters. The number of amides is 2. The van der Waals surface area contributed by atoms with Crippen molar-refractivity contribution in [3.63, 3.8) is 0 Å². The molecule has 1 N–H and O–H groups in total. The van der Waals surface area contributed by atoms with Crippen molar-refractivity contribution in [2.75, 3.05) is 32.8 Å². The molecule has 9 nitrogen and oxygen atoms in total. The zero-order valence-electron chi connectivity index (χ0n) is 14.9. The summed E-state index contributed by atoms with van der Waals surface area (Å²) in [7, 11) is 0.105. The van der Waals surface area contributed by atoms with Crippen LogP contribution in [0.4, 0.5) is 5.69 Å². The summed E-state index contributed by atoms with van der Waals surface area (Å²) in [5.74, 6) is -0.632. The largest absolute Gasteiger partial charge is 0.495 e. The molecule has 0 bridgehead atoms. The van der Waals surface area contributed by atoms with E-state index in [1.807, 2.05) is 0 Å². The second kappa shape index (κ2) is 8.58. The van der Waals surface area contributed by atoms with E-state index in [0.29, 0.717) is 6.42 Å². The number of ether oxygens (including phenoxy) is 3. The average Bonchev–Trinajstić information content (AvgIpc) is 2.62. The van der Waals surface area contributed by atoms with Crippen LogP contribution in [0.3, 0.4) is 0 Å². The van der Waals surface area contributed by atoms with Crippen molar-refractivity contribution in [2.45, 2.75) is 30.4 Å². The second-order valence-corrected chi connectivity index (χ2v) is 7.30. The van der Waals surface area contributed by atoms with Gasteiger partial charge in [0.2, 0.25) is 21.8 Å². The van der Waals surface area contributed by atoms with Gasteiger partial charge in [-0.25, -0.2) is 13.1 Å². The minimum atomic E-state index is -4.00. The maximum Gasteiger partial charge on any atom is 0.244 e. The fourth-order valence-corrected chi connectivity index (χ4v) is 3.78. The molecule has 2 rings (SSSR count). The van der Waals surface area contributed by atoms with Crippen LogP contribution < -0.4 is 14.4 Å². The summed E-state index contributed by atoms with van der Waals surface area (Å²) >= 11 is 0. The lowest BCUT2D eigenvalue weighted by Crippen LogP contribution is -2.40. The van der Waals surface area contributed by atoms with E-state index < -0.39 is 16.3 Å². The van der Waals surface area contributed by atoms with Crippen LogP contribution in [-0.4, -0.2) is 54.4 Å². The molecule has 1 aliphatic rings. The summed E-state index contributed by atoms with van der Waals surface area (Å²) in [6, 6.07) is 4.13. The van der Waals surface area contributed by atoms with Crippen LogP contribution in [-0.2, 0) is 29.1 Å². The molecular formula is C16H22N2O7S. The standard InChI is InChI=1S/C16H22N2O7S/c1-23-12-8-7-11(18-14(19)5-4-6-15(18)20)9-13(12)26(21,22)17-10-16(24-2)25-3/h7-9,16-17H,4-6,10H2,1-3H3. The molecule has 1 aliphatic heterocycles. The lowest BCUT2D eigenvalue weighted by atomic mass is 10.1. The van der Waals surface area contributed by atoms with Crippen molar-refractivity contribution in [1.29, 1.82) is 0 Å². The number of piperidine rings is 1. The van der Waals surface area contributed by atoms with Gasteiger partial charge in [0, 0.05) is 27.1 Å². The van der Waals surface area contributed by atoms with Gasteiger partial charge in [-0.3, -0.25) is 14.5 Å². The Balaban J connectivity index is 2.37. The first-order valence-corrected chi connectivity index (χ1v) is 9.41. The highest BCUT2D eigenvalue weighted by atomic mass is 32.2. The smallest absolute Gasteiger partial charge is 0.244 e. The lowest BCUT2D eigenvalue weighted by Gasteiger charge is -2.25. The van der Waals surface area contributed by atoms with Gasteiger partial charge in [0.05, 0.1) is 19.3 Å². The van der Waals surface area contributed by atoms with E-state index in [0.717, 1.165) is 4.90 Å². The Hall–Kier alpha value is -2.01. The number of carbonyl (C=O) groups is 2. The summed E-state index contributed by atoms with van der Waals surface area (Å²) in [5, 5.41) is 0. The number of methoxy groups -OCH3 is 3. The molecular weight excluding hydrogens is 364 g/mol. The van der Waals surface area contributed by atoms with Gasteiger partial charge < -0.3 is 14.2 Å². The van der Waals surface area contributed by atoms with E-state index in [4.69, 9.17) is 14.2 Å². The van der Waals surface area contributed by atoms with Crippen LogP contribution >= 0.6 is 0 Å². The zero-order valence-corrected chi connectivity index (χ0v) is 15.7. The molecule has 10 heteroatoms. The number of carbonyl (C=O) groups excluding carboxylic acids is 2. The summed E-state index contributed by atoms with van der Waals surface area (Å²) in [5.41, 5.74) is 0.191. The van der Waals surface area contributed by atoms with Gasteiger partial charge in [-0.15, -0.1) is 0 Å². The second-order valence-electron chi connectivity index (χ2n) is 5.56. The Morgan fingerprint density at radius 2 is 1.73 bits per heavy atom. The molecule has 0 aromatic heterocycles. The number of imide groups is 1. The van der Waals surface area contributed by atoms with Crippen LogP contribution in [0, 0.1) is 0 Å². The highest BCUT2D eigenvalue weighted by Gasteiger charge is 2.30. The molecule has 1 saturated heterocycles. The van der Waals surface area contributed by atoms with Crippen LogP contribution in [0.5, 0.6) is 5.75 Å². The van der Waals surface area contributed by atoms with E-state index in [1.54, 1.807) is 0 Å². The number of sulfonamides is 1. The predicted molar refractivity (Wildman–Crippen MR) is 92.3 cm³/mol. The molecule has 0 radical (unpaired) electrons. The SMILES string of the molecule is COc1ccc(N2C(=O)CCCC2=O)cc1S(=O)(=O)NCC(OC)OC. The maximum absolute atomic E-state index is 12.7. The fourth-order valence-electron chi connectivity index (χ4n) is 2.57. The van der Waals surface area contributed by atoms with Gasteiger partial charge >= 0.3 is 0 Å². The normalized spacial score (nSPS) is 15.6. The Kier molecular flexibility index (Phi) is 6.70. The van der Waals surface area contributed by atoms with Gasteiger partial charge in [0.15, 0.2) is 6.29 Å². The summed E-state index contributed by atoms with van der Waals surface area (Å²) in [6.07, 6.45) is 0.208. The maximum atomic E-state index is 12.7. The molecule has 1 aromatic rings. The van der Waals surface area contributed by atoms with Gasteiger partial charge in [0.1, 0.15) is 10.6 Å². The van der Waals surface area contributed by atoms with Gasteiger partial charge in [-0.1, -0.05) is 0 Å². The Morgan fingerprint density at radius 3 is 2.27 bits per heavy atom. The van der Waals surface area contributed by atoms with Crippen molar-refractivity contribution < 1.29 is 32.2 Å². The van der Waals surface area contributed by atoms with Crippen molar-refractivity contribution in [3.8, 4) is 5.75 Å². The van der Waals surface area contributed by atoms with Crippen molar-refractivity contribution in [3.05, 3.63) is 18.2 Å². The first-order chi connectivity index (χ1) is 12.3. The van der Waals surface area contributed by atoms with Crippen molar-refractivity contribution in [1.82, 2.24) is 4.72 Å². The molecule has 144 valence electrons. The molecule has 2 amide bonds. The molecule has 0 spiro atoms. The Morgan fingerprint density at radius 1 is 1.12 bits per heavy atom. The van der Waals surface area contributed by atoms with Crippen LogP contribution in [0.25, 0.3) is 0 Å². The number of benzene rings is 1. The summed E-state index contributed by atoms with van der Waals surface area (Å²) < 4.78 is 42.7. The Bertz CT molecular complexity index is 759. The van der Waals surface area contributed by atoms with E-state index in [1.165, 1.54) is 39.5 Å². The third kappa shape index (κ3) is 4.39. The van der Waals surface area contributed by atoms with E-state index in [2.05, 4.69) is 4.72 Å². The molecule has 1 heterocycles. The Labute approximate surface area is 152 Å². The van der Waals surface area contributed by atoms with Crippen molar-refractivity contribution in [2.24, 2.45) is 0 Å². The van der Waals surface area contributed by atoms with Gasteiger partial charge in [-0.05, 0) is 24.6 Å². The summed E-state index contributed by atoms with van der Waals surface area (Å²) in [4.78, 5) is 25.0. The lowest BCUT2D eigenvalue weighted by molar-refractivity contribution is -0.129. The minimum absolute atomic E-state index is 0.0875. The molecule has 1 aromatic carbocycles. The first kappa shape index (κ1) is 20.3. The fraction of sp³-hybridized carbons (Fsp3) is 0.500. The third-order valence-corrected chi connectivity index (χ3v) is 5.39. The zero-order chi connectivity index (χ0) is 19.3. The number of hydrogen-bond donors (Lipinski definition) is 1. The first-order valence-electron chi connectivity index (χ1n) is 7.93. The van der Waals surface area contributed by atoms with Gasteiger partial charge in [0.25, 0.3) is 0 Å². The quantitative estimate of drug-likeness (QED) is 0.515. The van der Waals surface area contributed by atoms with E-state index >= 15 is 0 Å². The highest BCUT2D eigenvalue weighted by molar-refractivity contribution is 7.89. The molecule has 26 heavy (non-hydrogen) atoms. The number of nitrogens with one attached hydrogen (secondary N) is 1.